The second kappa shape index (κ2) is 4.65. The third-order valence-corrected chi connectivity index (χ3v) is 2.02. The summed E-state index contributed by atoms with van der Waals surface area (Å²) in [4.78, 5) is 7.43. The van der Waals surface area contributed by atoms with Gasteiger partial charge in [0.25, 0.3) is 0 Å². The molecular weight excluding hydrogens is 223 g/mol. The Morgan fingerprint density at radius 3 is 2.56 bits per heavy atom. The highest BCUT2D eigenvalue weighted by molar-refractivity contribution is 5.17. The van der Waals surface area contributed by atoms with Crippen molar-refractivity contribution < 1.29 is 17.9 Å². The number of nitrogens with two attached hydrogens (primary N) is 1. The number of aryl methyl sites for hydroxylation is 1. The van der Waals surface area contributed by atoms with Crippen LogP contribution in [0.15, 0.2) is 6.20 Å². The van der Waals surface area contributed by atoms with Gasteiger partial charge >= 0.3 is 12.2 Å². The number of hydrogen-bond donors (Lipinski definition) is 1. The van der Waals surface area contributed by atoms with Crippen molar-refractivity contribution in [1.82, 2.24) is 9.97 Å². The predicted octanol–water partition coefficient (Wildman–Crippen LogP) is 1.57. The second-order valence-corrected chi connectivity index (χ2v) is 3.27. The maximum atomic E-state index is 12.2. The highest BCUT2D eigenvalue weighted by Crippen LogP contribution is 2.23. The summed E-state index contributed by atoms with van der Waals surface area (Å²) in [5, 5.41) is 0. The van der Waals surface area contributed by atoms with Gasteiger partial charge in [0.2, 0.25) is 0 Å². The average Bonchev–Trinajstić information content (AvgIpc) is 2.16. The number of nitrogens with zero attached hydrogens (tertiary/aromatic N) is 2. The minimum absolute atomic E-state index is 0.237. The summed E-state index contributed by atoms with van der Waals surface area (Å²) in [5.41, 5.74) is 6.56. The Balaban J connectivity index is 2.79. The molecule has 1 aromatic rings. The Kier molecular flexibility index (Phi) is 3.69. The van der Waals surface area contributed by atoms with Gasteiger partial charge in [-0.05, 0) is 13.8 Å². The Hall–Kier alpha value is -1.37. The van der Waals surface area contributed by atoms with E-state index in [4.69, 9.17) is 5.73 Å². The SMILES string of the molecule is Cc1nc(OC(C)C(F)(F)F)ncc1CN. The monoisotopic (exact) mass is 235 g/mol. The van der Waals surface area contributed by atoms with Crippen LogP contribution in [0.2, 0.25) is 0 Å². The van der Waals surface area contributed by atoms with Crippen molar-refractivity contribution in [1.29, 1.82) is 0 Å². The summed E-state index contributed by atoms with van der Waals surface area (Å²) in [6, 6.07) is -0.292. The quantitative estimate of drug-likeness (QED) is 0.863. The van der Waals surface area contributed by atoms with E-state index in [9.17, 15) is 13.2 Å². The molecule has 7 heteroatoms. The van der Waals surface area contributed by atoms with Crippen molar-refractivity contribution in [2.45, 2.75) is 32.7 Å². The van der Waals surface area contributed by atoms with E-state index in [2.05, 4.69) is 14.7 Å². The largest absolute Gasteiger partial charge is 0.451 e. The van der Waals surface area contributed by atoms with Gasteiger partial charge in [-0.1, -0.05) is 0 Å². The van der Waals surface area contributed by atoms with Gasteiger partial charge in [-0.2, -0.15) is 13.2 Å². The molecule has 1 heterocycles. The van der Waals surface area contributed by atoms with Crippen LogP contribution in [0.25, 0.3) is 0 Å². The van der Waals surface area contributed by atoms with Crippen LogP contribution in [0, 0.1) is 6.92 Å². The summed E-state index contributed by atoms with van der Waals surface area (Å²) in [6.45, 7) is 2.77. The first-order chi connectivity index (χ1) is 7.34. The first-order valence-electron chi connectivity index (χ1n) is 4.60. The molecule has 16 heavy (non-hydrogen) atoms. The molecule has 0 radical (unpaired) electrons. The molecule has 0 amide bonds. The molecule has 1 atom stereocenters. The average molecular weight is 235 g/mol. The van der Waals surface area contributed by atoms with Gasteiger partial charge < -0.3 is 10.5 Å². The van der Waals surface area contributed by atoms with Crippen molar-refractivity contribution in [3.8, 4) is 6.01 Å². The molecule has 1 unspecified atom stereocenters. The van der Waals surface area contributed by atoms with Gasteiger partial charge in [0.1, 0.15) is 0 Å². The van der Waals surface area contributed by atoms with Crippen molar-refractivity contribution in [3.05, 3.63) is 17.5 Å². The van der Waals surface area contributed by atoms with Crippen LogP contribution >= 0.6 is 0 Å². The number of ether oxygens (including phenoxy) is 1. The Morgan fingerprint density at radius 1 is 1.50 bits per heavy atom. The number of alkyl halides is 3. The molecule has 0 aliphatic rings. The topological polar surface area (TPSA) is 61.0 Å². The van der Waals surface area contributed by atoms with Crippen LogP contribution in [0.3, 0.4) is 0 Å². The molecule has 0 saturated carbocycles. The summed E-state index contributed by atoms with van der Waals surface area (Å²) >= 11 is 0. The van der Waals surface area contributed by atoms with Gasteiger partial charge in [0, 0.05) is 24.0 Å². The standard InChI is InChI=1S/C9H12F3N3O/c1-5-7(3-13)4-14-8(15-5)16-6(2)9(10,11)12/h4,6H,3,13H2,1-2H3. The smallest absolute Gasteiger partial charge is 0.425 e. The number of hydrogen-bond acceptors (Lipinski definition) is 4. The maximum Gasteiger partial charge on any atom is 0.425 e. The van der Waals surface area contributed by atoms with E-state index in [1.807, 2.05) is 0 Å². The molecule has 4 nitrogen and oxygen atoms in total. The van der Waals surface area contributed by atoms with Crippen LogP contribution in [0.5, 0.6) is 6.01 Å². The molecule has 0 bridgehead atoms. The summed E-state index contributed by atoms with van der Waals surface area (Å²) < 4.78 is 41.1. The predicted molar refractivity (Wildman–Crippen MR) is 50.8 cm³/mol. The highest BCUT2D eigenvalue weighted by atomic mass is 19.4. The van der Waals surface area contributed by atoms with Gasteiger partial charge in [-0.15, -0.1) is 0 Å². The molecular formula is C9H12F3N3O. The van der Waals surface area contributed by atoms with Crippen LogP contribution in [-0.2, 0) is 6.54 Å². The molecule has 2 N–H and O–H groups in total. The van der Waals surface area contributed by atoms with E-state index in [-0.39, 0.29) is 12.6 Å². The molecule has 0 fully saturated rings. The lowest BCUT2D eigenvalue weighted by Gasteiger charge is -2.16. The van der Waals surface area contributed by atoms with Gasteiger partial charge in [-0.25, -0.2) is 9.97 Å². The van der Waals surface area contributed by atoms with Crippen LogP contribution in [0.4, 0.5) is 13.2 Å². The first kappa shape index (κ1) is 12.7. The zero-order valence-corrected chi connectivity index (χ0v) is 8.88. The van der Waals surface area contributed by atoms with Crippen molar-refractivity contribution in [2.24, 2.45) is 5.73 Å². The Morgan fingerprint density at radius 2 is 2.12 bits per heavy atom. The molecule has 1 rings (SSSR count). The second-order valence-electron chi connectivity index (χ2n) is 3.27. The van der Waals surface area contributed by atoms with Gasteiger partial charge in [0.15, 0.2) is 6.10 Å². The summed E-state index contributed by atoms with van der Waals surface area (Å²) in [5.74, 6) is 0. The maximum absolute atomic E-state index is 12.2. The zero-order valence-electron chi connectivity index (χ0n) is 8.88. The normalized spacial score (nSPS) is 13.6. The van der Waals surface area contributed by atoms with E-state index >= 15 is 0 Å². The fourth-order valence-electron chi connectivity index (χ4n) is 0.953. The number of rotatable bonds is 3. The first-order valence-corrected chi connectivity index (χ1v) is 4.60. The minimum atomic E-state index is -4.43. The number of halogens is 3. The minimum Gasteiger partial charge on any atom is -0.451 e. The van der Waals surface area contributed by atoms with E-state index in [0.29, 0.717) is 11.3 Å². The molecule has 0 saturated heterocycles. The van der Waals surface area contributed by atoms with E-state index in [1.165, 1.54) is 6.20 Å². The van der Waals surface area contributed by atoms with Crippen molar-refractivity contribution in [3.63, 3.8) is 0 Å². The Bertz CT molecular complexity index is 368. The van der Waals surface area contributed by atoms with Crippen molar-refractivity contribution in [2.75, 3.05) is 0 Å². The van der Waals surface area contributed by atoms with E-state index in [0.717, 1.165) is 6.92 Å². The zero-order chi connectivity index (χ0) is 12.3. The third kappa shape index (κ3) is 3.06. The van der Waals surface area contributed by atoms with Crippen LogP contribution < -0.4 is 10.5 Å². The van der Waals surface area contributed by atoms with E-state index < -0.39 is 12.3 Å². The molecule has 0 aliphatic heterocycles. The Labute approximate surface area is 90.6 Å². The van der Waals surface area contributed by atoms with Crippen molar-refractivity contribution >= 4 is 0 Å². The molecule has 0 aliphatic carbocycles. The van der Waals surface area contributed by atoms with Gasteiger partial charge in [0.05, 0.1) is 0 Å². The number of aromatic nitrogens is 2. The lowest BCUT2D eigenvalue weighted by molar-refractivity contribution is -0.190. The summed E-state index contributed by atoms with van der Waals surface area (Å²) in [7, 11) is 0. The lowest BCUT2D eigenvalue weighted by atomic mass is 10.2. The van der Waals surface area contributed by atoms with Gasteiger partial charge in [-0.3, -0.25) is 0 Å². The molecule has 90 valence electrons. The molecule has 1 aromatic heterocycles. The summed E-state index contributed by atoms with van der Waals surface area (Å²) in [6.07, 6.45) is -5.00. The lowest BCUT2D eigenvalue weighted by Crippen LogP contribution is -2.31. The fraction of sp³-hybridized carbons (Fsp3) is 0.556. The highest BCUT2D eigenvalue weighted by Gasteiger charge is 2.38. The van der Waals surface area contributed by atoms with Crippen LogP contribution in [-0.4, -0.2) is 22.2 Å². The fourth-order valence-corrected chi connectivity index (χ4v) is 0.953. The van der Waals surface area contributed by atoms with Crippen LogP contribution in [0.1, 0.15) is 18.2 Å². The molecule has 0 spiro atoms. The third-order valence-electron chi connectivity index (χ3n) is 2.02. The molecule has 0 aromatic carbocycles. The van der Waals surface area contributed by atoms with E-state index in [1.54, 1.807) is 6.92 Å².